The van der Waals surface area contributed by atoms with Crippen LogP contribution in [0.5, 0.6) is 0 Å². The fraction of sp³-hybridized carbons (Fsp3) is 0.632. The lowest BCUT2D eigenvalue weighted by atomic mass is 9.86. The largest absolute Gasteiger partial charge is 0.378 e. The minimum Gasteiger partial charge on any atom is -0.378 e. The van der Waals surface area contributed by atoms with Gasteiger partial charge in [-0.3, -0.25) is 4.79 Å². The van der Waals surface area contributed by atoms with Crippen molar-refractivity contribution in [2.45, 2.75) is 70.8 Å². The highest BCUT2D eigenvalue weighted by molar-refractivity contribution is 5.80. The molecule has 116 valence electrons. The average molecular weight is 288 g/mol. The number of rotatable bonds is 5. The van der Waals surface area contributed by atoms with Gasteiger partial charge >= 0.3 is 0 Å². The zero-order valence-electron chi connectivity index (χ0n) is 13.7. The molecule has 0 aromatic heterocycles. The molecule has 2 nitrogen and oxygen atoms in total. The number of benzene rings is 1. The van der Waals surface area contributed by atoms with E-state index in [4.69, 9.17) is 4.74 Å². The second-order valence-corrected chi connectivity index (χ2v) is 7.19. The molecule has 0 saturated carbocycles. The summed E-state index contributed by atoms with van der Waals surface area (Å²) in [7, 11) is 0. The molecule has 1 saturated heterocycles. The van der Waals surface area contributed by atoms with Crippen molar-refractivity contribution in [2.24, 2.45) is 0 Å². The van der Waals surface area contributed by atoms with Crippen molar-refractivity contribution in [3.05, 3.63) is 35.4 Å². The van der Waals surface area contributed by atoms with Crippen molar-refractivity contribution < 1.29 is 9.53 Å². The molecule has 0 bridgehead atoms. The number of hydrogen-bond donors (Lipinski definition) is 0. The predicted molar refractivity (Wildman–Crippen MR) is 86.7 cm³/mol. The summed E-state index contributed by atoms with van der Waals surface area (Å²) in [5, 5.41) is 0. The highest BCUT2D eigenvalue weighted by atomic mass is 16.5. The van der Waals surface area contributed by atoms with Crippen molar-refractivity contribution in [1.82, 2.24) is 0 Å². The van der Waals surface area contributed by atoms with Gasteiger partial charge in [0.25, 0.3) is 0 Å². The minimum atomic E-state index is 0.168. The Morgan fingerprint density at radius 3 is 2.48 bits per heavy atom. The summed E-state index contributed by atoms with van der Waals surface area (Å²) < 4.78 is 5.68. The van der Waals surface area contributed by atoms with Crippen molar-refractivity contribution in [3.63, 3.8) is 0 Å². The van der Waals surface area contributed by atoms with Crippen LogP contribution >= 0.6 is 0 Å². The van der Waals surface area contributed by atoms with E-state index < -0.39 is 0 Å². The summed E-state index contributed by atoms with van der Waals surface area (Å²) >= 11 is 0. The molecule has 0 N–H and O–H groups in total. The van der Waals surface area contributed by atoms with Crippen LogP contribution in [-0.4, -0.2) is 18.5 Å². The lowest BCUT2D eigenvalue weighted by Gasteiger charge is -2.22. The molecule has 1 atom stereocenters. The van der Waals surface area contributed by atoms with Gasteiger partial charge in [0, 0.05) is 19.4 Å². The molecular weight excluding hydrogens is 260 g/mol. The zero-order chi connectivity index (χ0) is 15.3. The van der Waals surface area contributed by atoms with Crippen molar-refractivity contribution >= 4 is 5.78 Å². The molecular formula is C19H28O2. The van der Waals surface area contributed by atoms with Gasteiger partial charge in [-0.05, 0) is 42.2 Å². The molecule has 2 rings (SSSR count). The van der Waals surface area contributed by atoms with Crippen molar-refractivity contribution in [3.8, 4) is 0 Å². The zero-order valence-corrected chi connectivity index (χ0v) is 13.7. The first-order valence-electron chi connectivity index (χ1n) is 8.18. The number of carbonyl (C=O) groups excluding carboxylic acids is 1. The van der Waals surface area contributed by atoms with Crippen LogP contribution in [0.25, 0.3) is 0 Å². The third-order valence-corrected chi connectivity index (χ3v) is 4.24. The van der Waals surface area contributed by atoms with Gasteiger partial charge < -0.3 is 4.74 Å². The van der Waals surface area contributed by atoms with Gasteiger partial charge in [0.15, 0.2) is 0 Å². The van der Waals surface area contributed by atoms with E-state index in [0.717, 1.165) is 25.0 Å². The van der Waals surface area contributed by atoms with Crippen LogP contribution in [0.1, 0.15) is 64.0 Å². The number of carbonyl (C=O) groups is 1. The molecule has 0 aliphatic carbocycles. The fourth-order valence-electron chi connectivity index (χ4n) is 2.80. The molecule has 1 aliphatic heterocycles. The average Bonchev–Trinajstić information content (AvgIpc) is 2.46. The molecule has 0 amide bonds. The van der Waals surface area contributed by atoms with E-state index in [1.165, 1.54) is 18.4 Å². The van der Waals surface area contributed by atoms with E-state index in [1.54, 1.807) is 0 Å². The van der Waals surface area contributed by atoms with Crippen LogP contribution in [-0.2, 0) is 21.4 Å². The number of ether oxygens (including phenoxy) is 1. The van der Waals surface area contributed by atoms with E-state index >= 15 is 0 Å². The molecule has 0 spiro atoms. The van der Waals surface area contributed by atoms with Crippen LogP contribution in [0.4, 0.5) is 0 Å². The van der Waals surface area contributed by atoms with Crippen LogP contribution in [0.15, 0.2) is 24.3 Å². The summed E-state index contributed by atoms with van der Waals surface area (Å²) in [6.07, 6.45) is 5.93. The number of Topliss-reactive ketones (excluding diaryl/α,β-unsaturated/α-hetero) is 1. The van der Waals surface area contributed by atoms with Gasteiger partial charge in [0.2, 0.25) is 0 Å². The second kappa shape index (κ2) is 7.22. The maximum Gasteiger partial charge on any atom is 0.137 e. The summed E-state index contributed by atoms with van der Waals surface area (Å²) in [5.41, 5.74) is 2.60. The van der Waals surface area contributed by atoms with E-state index in [9.17, 15) is 4.79 Å². The minimum absolute atomic E-state index is 0.168. The Balaban J connectivity index is 1.79. The van der Waals surface area contributed by atoms with E-state index in [-0.39, 0.29) is 5.41 Å². The Morgan fingerprint density at radius 2 is 1.90 bits per heavy atom. The lowest BCUT2D eigenvalue weighted by Crippen LogP contribution is -2.20. The van der Waals surface area contributed by atoms with Crippen LogP contribution in [0.3, 0.4) is 0 Å². The molecule has 1 unspecified atom stereocenters. The van der Waals surface area contributed by atoms with Gasteiger partial charge in [-0.25, -0.2) is 0 Å². The highest BCUT2D eigenvalue weighted by Gasteiger charge is 2.16. The molecule has 1 fully saturated rings. The van der Waals surface area contributed by atoms with Gasteiger partial charge in [0.05, 0.1) is 6.10 Å². The first-order valence-corrected chi connectivity index (χ1v) is 8.18. The highest BCUT2D eigenvalue weighted by Crippen LogP contribution is 2.22. The Kier molecular flexibility index (Phi) is 5.58. The molecule has 1 aromatic carbocycles. The number of ketones is 1. The molecule has 1 aliphatic rings. The number of hydrogen-bond acceptors (Lipinski definition) is 2. The third-order valence-electron chi connectivity index (χ3n) is 4.24. The van der Waals surface area contributed by atoms with Gasteiger partial charge in [-0.15, -0.1) is 0 Å². The normalized spacial score (nSPS) is 19.5. The van der Waals surface area contributed by atoms with Gasteiger partial charge in [-0.1, -0.05) is 45.0 Å². The third kappa shape index (κ3) is 5.28. The predicted octanol–water partition coefficient (Wildman–Crippen LogP) is 4.45. The second-order valence-electron chi connectivity index (χ2n) is 7.19. The van der Waals surface area contributed by atoms with Crippen LogP contribution < -0.4 is 0 Å². The standard InChI is InChI=1S/C19H28O2/c1-19(2,3)16-9-7-15(8-10-16)14-17(20)11-12-18-6-4-5-13-21-18/h7-10,18H,4-6,11-14H2,1-3H3. The Bertz CT molecular complexity index is 447. The monoisotopic (exact) mass is 288 g/mol. The van der Waals surface area contributed by atoms with E-state index in [2.05, 4.69) is 45.0 Å². The maximum atomic E-state index is 12.1. The first kappa shape index (κ1) is 16.2. The summed E-state index contributed by atoms with van der Waals surface area (Å²) in [4.78, 5) is 12.1. The molecule has 1 heterocycles. The summed E-state index contributed by atoms with van der Waals surface area (Å²) in [5.74, 6) is 0.327. The van der Waals surface area contributed by atoms with E-state index in [1.807, 2.05) is 0 Å². The maximum absolute atomic E-state index is 12.1. The Labute approximate surface area is 128 Å². The Morgan fingerprint density at radius 1 is 1.19 bits per heavy atom. The van der Waals surface area contributed by atoms with Crippen molar-refractivity contribution in [1.29, 1.82) is 0 Å². The lowest BCUT2D eigenvalue weighted by molar-refractivity contribution is -0.119. The summed E-state index contributed by atoms with van der Waals surface area (Å²) in [6.45, 7) is 7.49. The van der Waals surface area contributed by atoms with E-state index in [0.29, 0.717) is 24.7 Å². The molecule has 21 heavy (non-hydrogen) atoms. The fourth-order valence-corrected chi connectivity index (χ4v) is 2.80. The molecule has 2 heteroatoms. The van der Waals surface area contributed by atoms with Crippen molar-refractivity contribution in [2.75, 3.05) is 6.61 Å². The first-order chi connectivity index (χ1) is 9.95. The molecule has 1 aromatic rings. The quantitative estimate of drug-likeness (QED) is 0.800. The molecule has 0 radical (unpaired) electrons. The van der Waals surface area contributed by atoms with Crippen LogP contribution in [0.2, 0.25) is 0 Å². The topological polar surface area (TPSA) is 26.3 Å². The van der Waals surface area contributed by atoms with Crippen LogP contribution in [0, 0.1) is 0 Å². The summed E-state index contributed by atoms with van der Waals surface area (Å²) in [6, 6.07) is 8.48. The van der Waals surface area contributed by atoms with Gasteiger partial charge in [0.1, 0.15) is 5.78 Å². The Hall–Kier alpha value is -1.15. The van der Waals surface area contributed by atoms with Gasteiger partial charge in [-0.2, -0.15) is 0 Å². The SMILES string of the molecule is CC(C)(C)c1ccc(CC(=O)CCC2CCCCO2)cc1. The smallest absolute Gasteiger partial charge is 0.137 e.